The van der Waals surface area contributed by atoms with Gasteiger partial charge in [0.2, 0.25) is 0 Å². The summed E-state index contributed by atoms with van der Waals surface area (Å²) in [6.07, 6.45) is 1.79. The molecule has 0 saturated heterocycles. The van der Waals surface area contributed by atoms with E-state index < -0.39 is 0 Å². The molecule has 3 heteroatoms. The normalized spacial score (nSPS) is 10.4. The van der Waals surface area contributed by atoms with Crippen molar-refractivity contribution in [1.82, 2.24) is 4.98 Å². The van der Waals surface area contributed by atoms with Crippen molar-refractivity contribution in [3.63, 3.8) is 0 Å². The summed E-state index contributed by atoms with van der Waals surface area (Å²) in [6, 6.07) is 15.4. The van der Waals surface area contributed by atoms with Crippen molar-refractivity contribution < 1.29 is 5.11 Å². The molecule has 0 aliphatic carbocycles. The van der Waals surface area contributed by atoms with Gasteiger partial charge in [-0.25, -0.2) is 4.98 Å². The molecule has 0 fully saturated rings. The maximum atomic E-state index is 9.97. The molecular formula is C15H11NOS. The number of nitrogens with zero attached hydrogens (tertiary/aromatic N) is 1. The third kappa shape index (κ3) is 1.89. The van der Waals surface area contributed by atoms with Crippen LogP contribution in [0.25, 0.3) is 21.7 Å². The average molecular weight is 253 g/mol. The molecule has 2 nitrogen and oxygen atoms in total. The van der Waals surface area contributed by atoms with Crippen LogP contribution in [-0.4, -0.2) is 10.1 Å². The lowest BCUT2D eigenvalue weighted by molar-refractivity contribution is 0.477. The van der Waals surface area contributed by atoms with Crippen molar-refractivity contribution in [2.24, 2.45) is 0 Å². The van der Waals surface area contributed by atoms with Crippen molar-refractivity contribution >= 4 is 11.3 Å². The minimum atomic E-state index is 0.293. The molecule has 0 atom stereocenters. The fourth-order valence-corrected chi connectivity index (χ4v) is 2.64. The van der Waals surface area contributed by atoms with Crippen molar-refractivity contribution in [2.75, 3.05) is 0 Å². The Kier molecular flexibility index (Phi) is 2.82. The van der Waals surface area contributed by atoms with Crippen LogP contribution in [-0.2, 0) is 0 Å². The molecule has 18 heavy (non-hydrogen) atoms. The predicted molar refractivity (Wildman–Crippen MR) is 74.7 cm³/mol. The fraction of sp³-hybridized carbons (Fsp3) is 0. The second kappa shape index (κ2) is 4.63. The monoisotopic (exact) mass is 253 g/mol. The summed E-state index contributed by atoms with van der Waals surface area (Å²) < 4.78 is 0. The van der Waals surface area contributed by atoms with E-state index in [1.165, 1.54) is 0 Å². The van der Waals surface area contributed by atoms with Crippen LogP contribution in [0.5, 0.6) is 5.75 Å². The second-order valence-electron chi connectivity index (χ2n) is 3.90. The molecule has 1 heterocycles. The number of rotatable bonds is 2. The summed E-state index contributed by atoms with van der Waals surface area (Å²) in [5, 5.41) is 12.9. The molecule has 0 aliphatic rings. The third-order valence-corrected chi connectivity index (χ3v) is 3.59. The molecule has 1 aromatic heterocycles. The van der Waals surface area contributed by atoms with Gasteiger partial charge in [-0.05, 0) is 11.6 Å². The van der Waals surface area contributed by atoms with Crippen molar-refractivity contribution in [2.45, 2.75) is 0 Å². The van der Waals surface area contributed by atoms with E-state index >= 15 is 0 Å². The van der Waals surface area contributed by atoms with Gasteiger partial charge in [0.05, 0.1) is 0 Å². The molecule has 0 bridgehead atoms. The maximum Gasteiger partial charge on any atom is 0.123 e. The van der Waals surface area contributed by atoms with Crippen LogP contribution in [0.15, 0.2) is 60.1 Å². The number of aromatic nitrogens is 1. The van der Waals surface area contributed by atoms with Gasteiger partial charge in [0.25, 0.3) is 0 Å². The molecule has 0 amide bonds. The zero-order chi connectivity index (χ0) is 12.4. The highest BCUT2D eigenvalue weighted by molar-refractivity contribution is 7.13. The van der Waals surface area contributed by atoms with Gasteiger partial charge >= 0.3 is 0 Å². The minimum absolute atomic E-state index is 0.293. The SMILES string of the molecule is Oc1ccccc1-c1ccccc1-c1nccs1. The largest absolute Gasteiger partial charge is 0.507 e. The fourth-order valence-electron chi connectivity index (χ4n) is 1.96. The molecule has 0 unspecified atom stereocenters. The highest BCUT2D eigenvalue weighted by atomic mass is 32.1. The third-order valence-electron chi connectivity index (χ3n) is 2.78. The number of para-hydroxylation sites is 1. The lowest BCUT2D eigenvalue weighted by atomic mass is 9.99. The Balaban J connectivity index is 2.22. The molecule has 0 radical (unpaired) electrons. The molecule has 3 aromatic rings. The van der Waals surface area contributed by atoms with Gasteiger partial charge in [-0.15, -0.1) is 11.3 Å². The van der Waals surface area contributed by atoms with Crippen LogP contribution in [0, 0.1) is 0 Å². The van der Waals surface area contributed by atoms with Gasteiger partial charge in [-0.2, -0.15) is 0 Å². The summed E-state index contributed by atoms with van der Waals surface area (Å²) in [4.78, 5) is 4.34. The summed E-state index contributed by atoms with van der Waals surface area (Å²) in [7, 11) is 0. The lowest BCUT2D eigenvalue weighted by Crippen LogP contribution is -1.84. The topological polar surface area (TPSA) is 33.1 Å². The van der Waals surface area contributed by atoms with E-state index in [1.807, 2.05) is 47.8 Å². The predicted octanol–water partition coefficient (Wildman–Crippen LogP) is 4.18. The Hall–Kier alpha value is -2.13. The molecule has 0 saturated carbocycles. The summed E-state index contributed by atoms with van der Waals surface area (Å²) in [5.74, 6) is 0.293. The van der Waals surface area contributed by atoms with Gasteiger partial charge < -0.3 is 5.11 Å². The van der Waals surface area contributed by atoms with E-state index in [4.69, 9.17) is 0 Å². The van der Waals surface area contributed by atoms with Gasteiger partial charge in [-0.1, -0.05) is 42.5 Å². The number of hydrogen-bond donors (Lipinski definition) is 1. The van der Waals surface area contributed by atoms with Crippen LogP contribution in [0.1, 0.15) is 0 Å². The Bertz CT molecular complexity index is 662. The molecular weight excluding hydrogens is 242 g/mol. The molecule has 88 valence electrons. The lowest BCUT2D eigenvalue weighted by Gasteiger charge is -2.08. The van der Waals surface area contributed by atoms with Gasteiger partial charge in [0.1, 0.15) is 10.8 Å². The summed E-state index contributed by atoms with van der Waals surface area (Å²) in [6.45, 7) is 0. The zero-order valence-corrected chi connectivity index (χ0v) is 10.4. The quantitative estimate of drug-likeness (QED) is 0.743. The van der Waals surface area contributed by atoms with E-state index in [2.05, 4.69) is 4.98 Å². The van der Waals surface area contributed by atoms with Gasteiger partial charge in [-0.3, -0.25) is 0 Å². The average Bonchev–Trinajstić information content (AvgIpc) is 2.93. The Morgan fingerprint density at radius 3 is 2.17 bits per heavy atom. The van der Waals surface area contributed by atoms with Gasteiger partial charge in [0.15, 0.2) is 0 Å². The number of benzene rings is 2. The van der Waals surface area contributed by atoms with Crippen LogP contribution in [0.2, 0.25) is 0 Å². The number of thiazole rings is 1. The number of phenols is 1. The number of phenolic OH excluding ortho intramolecular Hbond substituents is 1. The van der Waals surface area contributed by atoms with Crippen LogP contribution in [0.3, 0.4) is 0 Å². The molecule has 0 aliphatic heterocycles. The minimum Gasteiger partial charge on any atom is -0.507 e. The Morgan fingerprint density at radius 1 is 0.833 bits per heavy atom. The first-order valence-electron chi connectivity index (χ1n) is 5.63. The summed E-state index contributed by atoms with van der Waals surface area (Å²) >= 11 is 1.60. The highest BCUT2D eigenvalue weighted by Gasteiger charge is 2.11. The first-order chi connectivity index (χ1) is 8.86. The smallest absolute Gasteiger partial charge is 0.123 e. The molecule has 0 spiro atoms. The molecule has 3 rings (SSSR count). The molecule has 2 aromatic carbocycles. The van der Waals surface area contributed by atoms with E-state index in [0.29, 0.717) is 5.75 Å². The standard InChI is InChI=1S/C15H11NOS/c17-14-8-4-3-6-12(14)11-5-1-2-7-13(11)15-16-9-10-18-15/h1-10,17H. The first kappa shape index (κ1) is 11.0. The van der Waals surface area contributed by atoms with Gasteiger partial charge in [0, 0.05) is 22.7 Å². The van der Waals surface area contributed by atoms with Crippen molar-refractivity contribution in [1.29, 1.82) is 0 Å². The second-order valence-corrected chi connectivity index (χ2v) is 4.79. The van der Waals surface area contributed by atoms with E-state index in [-0.39, 0.29) is 0 Å². The van der Waals surface area contributed by atoms with E-state index in [0.717, 1.165) is 21.7 Å². The van der Waals surface area contributed by atoms with Crippen LogP contribution >= 0.6 is 11.3 Å². The highest BCUT2D eigenvalue weighted by Crippen LogP contribution is 2.36. The Morgan fingerprint density at radius 2 is 1.50 bits per heavy atom. The van der Waals surface area contributed by atoms with Crippen molar-refractivity contribution in [3.8, 4) is 27.4 Å². The maximum absolute atomic E-state index is 9.97. The first-order valence-corrected chi connectivity index (χ1v) is 6.51. The summed E-state index contributed by atoms with van der Waals surface area (Å²) in [5.41, 5.74) is 2.89. The van der Waals surface area contributed by atoms with Crippen molar-refractivity contribution in [3.05, 3.63) is 60.1 Å². The van der Waals surface area contributed by atoms with Crippen LogP contribution < -0.4 is 0 Å². The molecule has 1 N–H and O–H groups in total. The van der Waals surface area contributed by atoms with Crippen LogP contribution in [0.4, 0.5) is 0 Å². The van der Waals surface area contributed by atoms with E-state index in [1.54, 1.807) is 23.6 Å². The van der Waals surface area contributed by atoms with E-state index in [9.17, 15) is 5.11 Å². The number of aromatic hydroxyl groups is 1. The zero-order valence-electron chi connectivity index (χ0n) is 9.58. The Labute approximate surface area is 109 Å². The number of hydrogen-bond acceptors (Lipinski definition) is 3.